The van der Waals surface area contributed by atoms with Crippen molar-refractivity contribution in [3.8, 4) is 0 Å². The fraction of sp³-hybridized carbons (Fsp3) is 0.588. The zero-order chi connectivity index (χ0) is 18.1. The minimum Gasteiger partial charge on any atom is -0.431 e. The van der Waals surface area contributed by atoms with E-state index in [0.717, 1.165) is 24.1 Å². The lowest BCUT2D eigenvalue weighted by molar-refractivity contribution is -0.0803. The molecule has 4 heterocycles. The van der Waals surface area contributed by atoms with E-state index in [4.69, 9.17) is 24.7 Å². The minimum atomic E-state index is -0.678. The molecular weight excluding hydrogens is 340 g/mol. The first-order chi connectivity index (χ1) is 12.5. The Morgan fingerprint density at radius 2 is 2.35 bits per heavy atom. The average Bonchev–Trinajstić information content (AvgIpc) is 3.34. The lowest BCUT2D eigenvalue weighted by atomic mass is 10.0. The van der Waals surface area contributed by atoms with Crippen molar-refractivity contribution in [2.24, 2.45) is 0 Å². The van der Waals surface area contributed by atoms with Gasteiger partial charge in [-0.25, -0.2) is 14.3 Å². The van der Waals surface area contributed by atoms with Crippen LogP contribution in [0.15, 0.2) is 18.5 Å². The van der Waals surface area contributed by atoms with Gasteiger partial charge in [-0.2, -0.15) is 5.10 Å². The number of carbonyl (C=O) groups excluding carboxylic acids is 1. The first-order valence-electron chi connectivity index (χ1n) is 8.71. The van der Waals surface area contributed by atoms with Crippen LogP contribution in [-0.2, 0) is 18.9 Å². The maximum atomic E-state index is 11.8. The van der Waals surface area contributed by atoms with E-state index in [0.29, 0.717) is 25.5 Å². The second-order valence-corrected chi connectivity index (χ2v) is 6.94. The maximum Gasteiger partial charge on any atom is 0.508 e. The lowest BCUT2D eigenvalue weighted by Crippen LogP contribution is -2.32. The van der Waals surface area contributed by atoms with Crippen LogP contribution in [0.25, 0.3) is 5.52 Å². The molecule has 2 aliphatic heterocycles. The number of nitrogen functional groups attached to an aromatic ring is 1. The van der Waals surface area contributed by atoms with Gasteiger partial charge in [0.25, 0.3) is 0 Å². The first-order valence-corrected chi connectivity index (χ1v) is 8.71. The van der Waals surface area contributed by atoms with Crippen LogP contribution in [0.5, 0.6) is 0 Å². The van der Waals surface area contributed by atoms with Crippen molar-refractivity contribution in [2.45, 2.75) is 44.0 Å². The van der Waals surface area contributed by atoms with E-state index in [9.17, 15) is 4.79 Å². The summed E-state index contributed by atoms with van der Waals surface area (Å²) >= 11 is 0. The minimum absolute atomic E-state index is 0.135. The van der Waals surface area contributed by atoms with Gasteiger partial charge in [-0.05, 0) is 31.9 Å². The molecule has 4 rings (SSSR count). The fourth-order valence-corrected chi connectivity index (χ4v) is 3.42. The molecule has 2 N–H and O–H groups in total. The van der Waals surface area contributed by atoms with Crippen LogP contribution in [0, 0.1) is 0 Å². The zero-order valence-corrected chi connectivity index (χ0v) is 14.6. The van der Waals surface area contributed by atoms with Crippen molar-refractivity contribution in [3.05, 3.63) is 24.2 Å². The molecule has 0 aromatic carbocycles. The third-order valence-corrected chi connectivity index (χ3v) is 4.85. The maximum absolute atomic E-state index is 11.8. The molecule has 0 radical (unpaired) electrons. The largest absolute Gasteiger partial charge is 0.508 e. The molecule has 0 saturated carbocycles. The van der Waals surface area contributed by atoms with Gasteiger partial charge >= 0.3 is 6.16 Å². The number of anilines is 1. The molecule has 0 amide bonds. The summed E-state index contributed by atoms with van der Waals surface area (Å²) in [6, 6.07) is 3.81. The highest BCUT2D eigenvalue weighted by Gasteiger charge is 2.39. The smallest absolute Gasteiger partial charge is 0.431 e. The second-order valence-electron chi connectivity index (χ2n) is 6.94. The molecule has 2 aromatic rings. The number of nitrogens with zero attached hydrogens (tertiary/aromatic N) is 3. The molecule has 0 spiro atoms. The second kappa shape index (κ2) is 6.73. The van der Waals surface area contributed by atoms with Crippen LogP contribution in [0.1, 0.15) is 38.0 Å². The molecule has 0 bridgehead atoms. The van der Waals surface area contributed by atoms with E-state index in [2.05, 4.69) is 10.1 Å². The number of ether oxygens (including phenoxy) is 4. The van der Waals surface area contributed by atoms with Crippen molar-refractivity contribution < 1.29 is 23.7 Å². The molecule has 0 unspecified atom stereocenters. The van der Waals surface area contributed by atoms with Crippen molar-refractivity contribution >= 4 is 17.5 Å². The molecule has 140 valence electrons. The van der Waals surface area contributed by atoms with Gasteiger partial charge in [-0.1, -0.05) is 0 Å². The predicted octanol–water partition coefficient (Wildman–Crippen LogP) is 1.86. The Balaban J connectivity index is 1.37. The quantitative estimate of drug-likeness (QED) is 0.821. The third-order valence-electron chi connectivity index (χ3n) is 4.85. The van der Waals surface area contributed by atoms with Crippen molar-refractivity contribution in [1.29, 1.82) is 0 Å². The number of aromatic nitrogens is 3. The molecule has 2 saturated heterocycles. The third kappa shape index (κ3) is 3.32. The standard InChI is InChI=1S/C17H22N4O5/c1-17(9-24-16(22)25-11-5-7-23-8-11)6-4-14(26-17)12-2-3-13-15(18)19-10-20-21(12)13/h2-3,10-11,14H,4-9H2,1H3,(H2,18,19,20)/t11-,14-,17+/m1/s1. The van der Waals surface area contributed by atoms with E-state index in [-0.39, 0.29) is 18.8 Å². The summed E-state index contributed by atoms with van der Waals surface area (Å²) < 4.78 is 23.6. The van der Waals surface area contributed by atoms with Gasteiger partial charge in [0.2, 0.25) is 0 Å². The van der Waals surface area contributed by atoms with Gasteiger partial charge < -0.3 is 24.7 Å². The van der Waals surface area contributed by atoms with Crippen LogP contribution in [-0.4, -0.2) is 52.3 Å². The van der Waals surface area contributed by atoms with E-state index in [1.165, 1.54) is 6.33 Å². The van der Waals surface area contributed by atoms with Gasteiger partial charge in [-0.3, -0.25) is 0 Å². The Bertz CT molecular complexity index is 804. The lowest BCUT2D eigenvalue weighted by Gasteiger charge is -2.24. The summed E-state index contributed by atoms with van der Waals surface area (Å²) in [5.74, 6) is 0.425. The van der Waals surface area contributed by atoms with Gasteiger partial charge in [0.15, 0.2) is 5.82 Å². The number of rotatable bonds is 4. The SMILES string of the molecule is C[C@@]1(COC(=O)O[C@@H]2CCOC2)CC[C@H](c2ccc3c(N)ncnn23)O1. The Morgan fingerprint density at radius 1 is 1.46 bits per heavy atom. The molecule has 26 heavy (non-hydrogen) atoms. The summed E-state index contributed by atoms with van der Waals surface area (Å²) in [5.41, 5.74) is 6.96. The Morgan fingerprint density at radius 3 is 3.15 bits per heavy atom. The van der Waals surface area contributed by atoms with E-state index >= 15 is 0 Å². The fourth-order valence-electron chi connectivity index (χ4n) is 3.42. The van der Waals surface area contributed by atoms with Crippen molar-refractivity contribution in [3.63, 3.8) is 0 Å². The van der Waals surface area contributed by atoms with E-state index in [1.807, 2.05) is 19.1 Å². The summed E-state index contributed by atoms with van der Waals surface area (Å²) in [6.45, 7) is 3.10. The molecule has 9 heteroatoms. The van der Waals surface area contributed by atoms with Gasteiger partial charge in [0.1, 0.15) is 36.3 Å². The van der Waals surface area contributed by atoms with Crippen LogP contribution < -0.4 is 5.73 Å². The number of fused-ring (bicyclic) bond motifs is 1. The van der Waals surface area contributed by atoms with Crippen molar-refractivity contribution in [2.75, 3.05) is 25.6 Å². The Labute approximate surface area is 150 Å². The van der Waals surface area contributed by atoms with Gasteiger partial charge in [0, 0.05) is 6.42 Å². The topological polar surface area (TPSA) is 110 Å². The highest BCUT2D eigenvalue weighted by Crippen LogP contribution is 2.40. The van der Waals surface area contributed by atoms with Crippen LogP contribution >= 0.6 is 0 Å². The van der Waals surface area contributed by atoms with Crippen molar-refractivity contribution in [1.82, 2.24) is 14.6 Å². The molecular formula is C17H22N4O5. The highest BCUT2D eigenvalue weighted by atomic mass is 16.7. The summed E-state index contributed by atoms with van der Waals surface area (Å²) in [7, 11) is 0. The van der Waals surface area contributed by atoms with Crippen LogP contribution in [0.2, 0.25) is 0 Å². The van der Waals surface area contributed by atoms with Crippen LogP contribution in [0.4, 0.5) is 10.6 Å². The number of carbonyl (C=O) groups is 1. The summed E-state index contributed by atoms with van der Waals surface area (Å²) in [4.78, 5) is 15.8. The average molecular weight is 362 g/mol. The Kier molecular flexibility index (Phi) is 4.41. The molecule has 0 aliphatic carbocycles. The van der Waals surface area contributed by atoms with Gasteiger partial charge in [-0.15, -0.1) is 0 Å². The normalized spacial score (nSPS) is 28.5. The Hall–Kier alpha value is -2.39. The molecule has 2 aliphatic rings. The predicted molar refractivity (Wildman–Crippen MR) is 90.5 cm³/mol. The first kappa shape index (κ1) is 17.0. The number of nitrogens with two attached hydrogens (primary N) is 1. The van der Waals surface area contributed by atoms with Crippen LogP contribution in [0.3, 0.4) is 0 Å². The molecule has 9 nitrogen and oxygen atoms in total. The zero-order valence-electron chi connectivity index (χ0n) is 14.6. The molecule has 3 atom stereocenters. The van der Waals surface area contributed by atoms with E-state index < -0.39 is 11.8 Å². The monoisotopic (exact) mass is 362 g/mol. The molecule has 2 fully saturated rings. The van der Waals surface area contributed by atoms with Gasteiger partial charge in [0.05, 0.1) is 18.9 Å². The summed E-state index contributed by atoms with van der Waals surface area (Å²) in [5, 5.41) is 4.25. The number of hydrogen-bond acceptors (Lipinski definition) is 8. The van der Waals surface area contributed by atoms with E-state index in [1.54, 1.807) is 4.52 Å². The highest BCUT2D eigenvalue weighted by molar-refractivity contribution is 5.65. The molecule has 2 aromatic heterocycles. The summed E-state index contributed by atoms with van der Waals surface area (Å²) in [6.07, 6.45) is 2.63. The number of hydrogen-bond donors (Lipinski definition) is 1.